The minimum Gasteiger partial charge on any atom is -0.476 e. The number of halogens is 6. The van der Waals surface area contributed by atoms with Crippen LogP contribution in [-0.2, 0) is 11.0 Å². The van der Waals surface area contributed by atoms with Gasteiger partial charge in [0.15, 0.2) is 0 Å². The molecule has 1 aromatic heterocycles. The third-order valence-electron chi connectivity index (χ3n) is 5.22. The number of nitrogens with one attached hydrogen (secondary N) is 1. The molecule has 0 aromatic carbocycles. The van der Waals surface area contributed by atoms with Crippen molar-refractivity contribution < 1.29 is 35.9 Å². The van der Waals surface area contributed by atoms with Crippen LogP contribution in [-0.4, -0.2) is 54.8 Å². The number of rotatable bonds is 6. The van der Waals surface area contributed by atoms with Gasteiger partial charge in [-0.2, -0.15) is 26.3 Å². The molecule has 2 heterocycles. The lowest BCUT2D eigenvalue weighted by molar-refractivity contribution is -0.152. The lowest BCUT2D eigenvalue weighted by Crippen LogP contribution is -2.54. The number of hydrogen-bond donors (Lipinski definition) is 1. The number of carbonyl (C=O) groups excluding carboxylic acids is 1. The number of hydrogen-bond acceptors (Lipinski definition) is 4. The van der Waals surface area contributed by atoms with Crippen LogP contribution >= 0.6 is 0 Å². The highest BCUT2D eigenvalue weighted by atomic mass is 19.4. The van der Waals surface area contributed by atoms with Gasteiger partial charge in [0.2, 0.25) is 11.8 Å². The molecule has 0 spiro atoms. The van der Waals surface area contributed by atoms with E-state index in [1.54, 1.807) is 11.9 Å². The summed E-state index contributed by atoms with van der Waals surface area (Å²) >= 11 is 0. The predicted octanol–water partition coefficient (Wildman–Crippen LogP) is 4.20. The van der Waals surface area contributed by atoms with Gasteiger partial charge in [-0.3, -0.25) is 4.79 Å². The van der Waals surface area contributed by atoms with Crippen molar-refractivity contribution in [1.82, 2.24) is 15.2 Å². The molecule has 1 aliphatic heterocycles. The Morgan fingerprint density at radius 3 is 2.48 bits per heavy atom. The summed E-state index contributed by atoms with van der Waals surface area (Å²) in [5.41, 5.74) is -2.04. The highest BCUT2D eigenvalue weighted by Crippen LogP contribution is 2.36. The first-order chi connectivity index (χ1) is 14.1. The summed E-state index contributed by atoms with van der Waals surface area (Å²) in [6.45, 7) is 4.66. The topological polar surface area (TPSA) is 54.5 Å². The maximum atomic E-state index is 13.2. The van der Waals surface area contributed by atoms with Crippen LogP contribution in [0.2, 0.25) is 0 Å². The van der Waals surface area contributed by atoms with Gasteiger partial charge in [0.25, 0.3) is 0 Å². The van der Waals surface area contributed by atoms with E-state index in [0.29, 0.717) is 18.5 Å². The Hall–Kier alpha value is -2.04. The number of amides is 1. The second kappa shape index (κ2) is 9.22. The molecular formula is C20H27F6N3O2. The Balaban J connectivity index is 2.08. The van der Waals surface area contributed by atoms with Crippen molar-refractivity contribution in [2.24, 2.45) is 11.3 Å². The van der Waals surface area contributed by atoms with Gasteiger partial charge in [0, 0.05) is 31.1 Å². The predicted molar refractivity (Wildman–Crippen MR) is 101 cm³/mol. The number of likely N-dealkylation sites (tertiary alicyclic amines) is 1. The molecule has 1 amide bonds. The van der Waals surface area contributed by atoms with Crippen LogP contribution in [0.1, 0.15) is 37.8 Å². The quantitative estimate of drug-likeness (QED) is 0.654. The molecule has 2 rings (SSSR count). The van der Waals surface area contributed by atoms with Crippen LogP contribution < -0.4 is 10.1 Å². The van der Waals surface area contributed by atoms with E-state index in [2.05, 4.69) is 10.3 Å². The third kappa shape index (κ3) is 7.26. The van der Waals surface area contributed by atoms with Crippen molar-refractivity contribution in [3.8, 4) is 5.88 Å². The van der Waals surface area contributed by atoms with E-state index in [-0.39, 0.29) is 6.54 Å². The molecule has 1 N–H and O–H groups in total. The molecule has 0 bridgehead atoms. The summed E-state index contributed by atoms with van der Waals surface area (Å²) in [7, 11) is 1.71. The molecule has 0 saturated carbocycles. The molecule has 5 nitrogen and oxygen atoms in total. The summed E-state index contributed by atoms with van der Waals surface area (Å²) < 4.78 is 83.7. The van der Waals surface area contributed by atoms with Crippen LogP contribution in [0.4, 0.5) is 26.3 Å². The van der Waals surface area contributed by atoms with Crippen molar-refractivity contribution in [3.05, 3.63) is 23.4 Å². The number of nitrogens with zero attached hydrogens (tertiary/aromatic N) is 2. The van der Waals surface area contributed by atoms with Gasteiger partial charge in [-0.15, -0.1) is 0 Å². The molecule has 0 unspecified atom stereocenters. The van der Waals surface area contributed by atoms with Gasteiger partial charge in [-0.1, -0.05) is 0 Å². The zero-order valence-corrected chi connectivity index (χ0v) is 17.8. The molecule has 176 valence electrons. The van der Waals surface area contributed by atoms with Crippen molar-refractivity contribution in [2.45, 2.75) is 52.0 Å². The zero-order chi connectivity index (χ0) is 23.6. The maximum Gasteiger partial charge on any atom is 0.421 e. The number of ether oxygens (including phenoxy) is 1. The van der Waals surface area contributed by atoms with Crippen LogP contribution in [0.3, 0.4) is 0 Å². The van der Waals surface area contributed by atoms with Gasteiger partial charge >= 0.3 is 12.4 Å². The monoisotopic (exact) mass is 455 g/mol. The maximum absolute atomic E-state index is 13.2. The van der Waals surface area contributed by atoms with Gasteiger partial charge < -0.3 is 15.0 Å². The van der Waals surface area contributed by atoms with Gasteiger partial charge in [-0.25, -0.2) is 4.98 Å². The average molecular weight is 455 g/mol. The molecule has 11 heteroatoms. The molecule has 1 aromatic rings. The number of alkyl halides is 6. The molecular weight excluding hydrogens is 428 g/mol. The van der Waals surface area contributed by atoms with Crippen molar-refractivity contribution in [2.75, 3.05) is 26.7 Å². The number of carbonyl (C=O) groups is 1. The van der Waals surface area contributed by atoms with E-state index >= 15 is 0 Å². The number of aromatic nitrogens is 1. The van der Waals surface area contributed by atoms with Crippen LogP contribution in [0.25, 0.3) is 0 Å². The molecule has 0 aliphatic carbocycles. The van der Waals surface area contributed by atoms with Crippen molar-refractivity contribution in [1.29, 1.82) is 0 Å². The lowest BCUT2D eigenvalue weighted by Gasteiger charge is -2.39. The molecule has 1 fully saturated rings. The lowest BCUT2D eigenvalue weighted by atomic mass is 9.87. The van der Waals surface area contributed by atoms with Crippen LogP contribution in [0, 0.1) is 18.3 Å². The summed E-state index contributed by atoms with van der Waals surface area (Å²) in [4.78, 5) is 18.2. The average Bonchev–Trinajstić information content (AvgIpc) is 2.60. The zero-order valence-electron chi connectivity index (χ0n) is 17.8. The Bertz CT molecular complexity index is 779. The first-order valence-corrected chi connectivity index (χ1v) is 9.81. The fourth-order valence-electron chi connectivity index (χ4n) is 3.46. The minimum absolute atomic E-state index is 0.184. The Morgan fingerprint density at radius 2 is 1.90 bits per heavy atom. The highest BCUT2D eigenvalue weighted by Gasteiger charge is 2.41. The number of aryl methyl sites for hydroxylation is 1. The molecule has 2 atom stereocenters. The van der Waals surface area contributed by atoms with E-state index in [1.807, 2.05) is 0 Å². The summed E-state index contributed by atoms with van der Waals surface area (Å²) in [6, 6.07) is 0.211. The Labute approximate surface area is 177 Å². The van der Waals surface area contributed by atoms with E-state index < -0.39 is 60.1 Å². The van der Waals surface area contributed by atoms with Gasteiger partial charge in [0.05, 0.1) is 5.41 Å². The second-order valence-corrected chi connectivity index (χ2v) is 8.75. The SMILES string of the molecule is Cc1cnc(OCC(C)(C)C(=O)N[C@H]2CCN(C)C[C@@H]2CC(F)(F)F)c(C(F)(F)F)c1. The molecule has 1 aliphatic rings. The first kappa shape index (κ1) is 25.2. The second-order valence-electron chi connectivity index (χ2n) is 8.75. The Kier molecular flexibility index (Phi) is 7.50. The minimum atomic E-state index is -4.68. The first-order valence-electron chi connectivity index (χ1n) is 9.81. The number of piperidine rings is 1. The summed E-state index contributed by atoms with van der Waals surface area (Å²) in [5.74, 6) is -2.04. The molecule has 1 saturated heterocycles. The molecule has 31 heavy (non-hydrogen) atoms. The van der Waals surface area contributed by atoms with E-state index in [1.165, 1.54) is 27.0 Å². The van der Waals surface area contributed by atoms with Crippen molar-refractivity contribution in [3.63, 3.8) is 0 Å². The fraction of sp³-hybridized carbons (Fsp3) is 0.700. The van der Waals surface area contributed by atoms with Crippen LogP contribution in [0.15, 0.2) is 12.3 Å². The van der Waals surface area contributed by atoms with Crippen molar-refractivity contribution >= 4 is 5.91 Å². The van der Waals surface area contributed by atoms with Gasteiger partial charge in [0.1, 0.15) is 12.2 Å². The Morgan fingerprint density at radius 1 is 1.26 bits per heavy atom. The largest absolute Gasteiger partial charge is 0.476 e. The highest BCUT2D eigenvalue weighted by molar-refractivity contribution is 5.82. The molecule has 0 radical (unpaired) electrons. The number of pyridine rings is 1. The third-order valence-corrected chi connectivity index (χ3v) is 5.22. The van der Waals surface area contributed by atoms with E-state index in [9.17, 15) is 31.1 Å². The summed E-state index contributed by atoms with van der Waals surface area (Å²) in [6.07, 6.45) is -8.51. The van der Waals surface area contributed by atoms with Crippen LogP contribution in [0.5, 0.6) is 5.88 Å². The van der Waals surface area contributed by atoms with E-state index in [4.69, 9.17) is 4.74 Å². The van der Waals surface area contributed by atoms with Gasteiger partial charge in [-0.05, 0) is 52.4 Å². The smallest absolute Gasteiger partial charge is 0.421 e. The standard InChI is InChI=1S/C20H27F6N3O2/c1-12-7-14(20(24,25)26)16(27-9-12)31-11-18(2,3)17(30)28-15-5-6-29(4)10-13(15)8-19(21,22)23/h7,9,13,15H,5-6,8,10-11H2,1-4H3,(H,28,30)/t13-,15-/m0/s1. The van der Waals surface area contributed by atoms with E-state index in [0.717, 1.165) is 6.07 Å². The normalized spacial score (nSPS) is 21.1. The fourth-order valence-corrected chi connectivity index (χ4v) is 3.46. The summed E-state index contributed by atoms with van der Waals surface area (Å²) in [5, 5.41) is 2.65.